The molecule has 1 aliphatic rings. The van der Waals surface area contributed by atoms with Gasteiger partial charge in [-0.15, -0.1) is 0 Å². The monoisotopic (exact) mass is 450 g/mol. The van der Waals surface area contributed by atoms with Gasteiger partial charge in [0.1, 0.15) is 11.3 Å². The molecule has 1 aliphatic heterocycles. The van der Waals surface area contributed by atoms with Crippen LogP contribution in [0.4, 0.5) is 5.69 Å². The van der Waals surface area contributed by atoms with Crippen LogP contribution in [0.25, 0.3) is 6.08 Å². The van der Waals surface area contributed by atoms with Gasteiger partial charge in [0.2, 0.25) is 0 Å². The number of amides is 2. The Hall–Kier alpha value is -2.22. The van der Waals surface area contributed by atoms with Crippen molar-refractivity contribution >= 4 is 68.4 Å². The number of carbonyl (C=O) groups is 2. The van der Waals surface area contributed by atoms with Crippen LogP contribution >= 0.6 is 39.7 Å². The summed E-state index contributed by atoms with van der Waals surface area (Å²) < 4.78 is 5.89. The maximum atomic E-state index is 12.9. The van der Waals surface area contributed by atoms with Crippen LogP contribution in [0.2, 0.25) is 5.02 Å². The van der Waals surface area contributed by atoms with E-state index in [4.69, 9.17) is 28.6 Å². The summed E-state index contributed by atoms with van der Waals surface area (Å²) in [6.07, 6.45) is 1.49. The Kier molecular flexibility index (Phi) is 5.41. The topological polar surface area (TPSA) is 58.6 Å². The van der Waals surface area contributed by atoms with Gasteiger partial charge in [0.15, 0.2) is 5.11 Å². The molecule has 1 saturated heterocycles. The first-order chi connectivity index (χ1) is 12.4. The molecule has 0 radical (unpaired) electrons. The van der Waals surface area contributed by atoms with Crippen LogP contribution in [0, 0.1) is 0 Å². The van der Waals surface area contributed by atoms with E-state index < -0.39 is 11.8 Å². The molecule has 0 bridgehead atoms. The number of carbonyl (C=O) groups excluding carboxylic acids is 2. The molecule has 3 rings (SSSR count). The maximum Gasteiger partial charge on any atom is 0.270 e. The van der Waals surface area contributed by atoms with Crippen molar-refractivity contribution in [2.24, 2.45) is 0 Å². The quantitative estimate of drug-likeness (QED) is 0.436. The molecule has 0 spiro atoms. The second-order valence-corrected chi connectivity index (χ2v) is 6.95. The van der Waals surface area contributed by atoms with Gasteiger partial charge < -0.3 is 4.74 Å². The summed E-state index contributed by atoms with van der Waals surface area (Å²) >= 11 is 14.7. The van der Waals surface area contributed by atoms with Crippen molar-refractivity contribution in [1.29, 1.82) is 0 Å². The number of rotatable bonds is 3. The van der Waals surface area contributed by atoms with Crippen molar-refractivity contribution in [2.45, 2.75) is 0 Å². The third kappa shape index (κ3) is 3.51. The van der Waals surface area contributed by atoms with E-state index in [0.717, 1.165) is 0 Å². The van der Waals surface area contributed by atoms with E-state index in [1.807, 2.05) is 0 Å². The minimum Gasteiger partial charge on any atom is -0.496 e. The van der Waals surface area contributed by atoms with Crippen molar-refractivity contribution < 1.29 is 14.3 Å². The fourth-order valence-corrected chi connectivity index (χ4v) is 3.50. The molecule has 8 heteroatoms. The number of thiocarbonyl (C=S) groups is 1. The standard InChI is InChI=1S/C18H12BrClN2O3S/c1-25-15-7-6-10(9-12(15)19)8-11-16(23)21-18(26)22(17(11)24)14-5-3-2-4-13(14)20/h2-9H,1H3,(H,21,23,26)/b11-8+. The molecule has 5 nitrogen and oxygen atoms in total. The van der Waals surface area contributed by atoms with Gasteiger partial charge in [0, 0.05) is 0 Å². The predicted molar refractivity (Wildman–Crippen MR) is 108 cm³/mol. The van der Waals surface area contributed by atoms with Gasteiger partial charge in [-0.2, -0.15) is 0 Å². The van der Waals surface area contributed by atoms with Gasteiger partial charge in [-0.3, -0.25) is 19.8 Å². The number of anilines is 1. The Labute approximate surface area is 168 Å². The number of halogens is 2. The maximum absolute atomic E-state index is 12.9. The van der Waals surface area contributed by atoms with Crippen LogP contribution < -0.4 is 15.0 Å². The Morgan fingerprint density at radius 1 is 1.23 bits per heavy atom. The zero-order chi connectivity index (χ0) is 18.8. The van der Waals surface area contributed by atoms with Crippen LogP contribution in [0.5, 0.6) is 5.75 Å². The van der Waals surface area contributed by atoms with E-state index in [0.29, 0.717) is 26.5 Å². The molecule has 1 fully saturated rings. The molecule has 1 heterocycles. The first-order valence-corrected chi connectivity index (χ1v) is 9.00. The summed E-state index contributed by atoms with van der Waals surface area (Å²) in [5.41, 5.74) is 1.02. The molecule has 0 unspecified atom stereocenters. The van der Waals surface area contributed by atoms with E-state index in [-0.39, 0.29) is 10.7 Å². The number of benzene rings is 2. The van der Waals surface area contributed by atoms with E-state index in [2.05, 4.69) is 21.2 Å². The molecule has 0 saturated carbocycles. The highest BCUT2D eigenvalue weighted by Gasteiger charge is 2.35. The number of hydrogen-bond acceptors (Lipinski definition) is 4. The molecule has 2 aromatic rings. The first-order valence-electron chi connectivity index (χ1n) is 7.42. The fourth-order valence-electron chi connectivity index (χ4n) is 2.45. The molecule has 2 aromatic carbocycles. The van der Waals surface area contributed by atoms with Crippen molar-refractivity contribution in [2.75, 3.05) is 12.0 Å². The smallest absolute Gasteiger partial charge is 0.270 e. The zero-order valence-electron chi connectivity index (χ0n) is 13.5. The number of ether oxygens (including phenoxy) is 1. The zero-order valence-corrected chi connectivity index (χ0v) is 16.6. The molecular formula is C18H12BrClN2O3S. The normalized spacial score (nSPS) is 16.0. The molecule has 132 valence electrons. The van der Waals surface area contributed by atoms with Crippen LogP contribution in [0.1, 0.15) is 5.56 Å². The van der Waals surface area contributed by atoms with E-state index >= 15 is 0 Å². The van der Waals surface area contributed by atoms with Crippen LogP contribution in [-0.4, -0.2) is 24.0 Å². The third-order valence-corrected chi connectivity index (χ3v) is 4.91. The molecule has 1 N–H and O–H groups in total. The van der Waals surface area contributed by atoms with Crippen molar-refractivity contribution in [1.82, 2.24) is 5.32 Å². The highest BCUT2D eigenvalue weighted by Crippen LogP contribution is 2.30. The summed E-state index contributed by atoms with van der Waals surface area (Å²) in [4.78, 5) is 26.4. The van der Waals surface area contributed by atoms with Gasteiger partial charge in [0.05, 0.1) is 22.3 Å². The lowest BCUT2D eigenvalue weighted by atomic mass is 10.1. The Balaban J connectivity index is 2.03. The van der Waals surface area contributed by atoms with Crippen LogP contribution in [0.15, 0.2) is 52.5 Å². The number of nitrogens with zero attached hydrogens (tertiary/aromatic N) is 1. The summed E-state index contributed by atoms with van der Waals surface area (Å²) in [6.45, 7) is 0. The lowest BCUT2D eigenvalue weighted by Gasteiger charge is -2.29. The summed E-state index contributed by atoms with van der Waals surface area (Å²) in [5.74, 6) is -0.459. The predicted octanol–water partition coefficient (Wildman–Crippen LogP) is 3.94. The van der Waals surface area contributed by atoms with Crippen LogP contribution in [0.3, 0.4) is 0 Å². The first kappa shape index (κ1) is 18.6. The van der Waals surface area contributed by atoms with E-state index in [9.17, 15) is 9.59 Å². The van der Waals surface area contributed by atoms with E-state index in [1.165, 1.54) is 11.0 Å². The largest absolute Gasteiger partial charge is 0.496 e. The number of para-hydroxylation sites is 1. The average molecular weight is 452 g/mol. The second-order valence-electron chi connectivity index (χ2n) is 5.30. The second kappa shape index (κ2) is 7.57. The minimum absolute atomic E-state index is 0.0128. The van der Waals surface area contributed by atoms with Crippen molar-refractivity contribution in [3.63, 3.8) is 0 Å². The molecule has 2 amide bonds. The molecule has 26 heavy (non-hydrogen) atoms. The summed E-state index contributed by atoms with van der Waals surface area (Å²) in [7, 11) is 1.55. The Morgan fingerprint density at radius 2 is 1.96 bits per heavy atom. The highest BCUT2D eigenvalue weighted by atomic mass is 79.9. The summed E-state index contributed by atoms with van der Waals surface area (Å²) in [5, 5.41) is 2.87. The van der Waals surface area contributed by atoms with Crippen molar-refractivity contribution in [3.05, 3.63) is 63.1 Å². The van der Waals surface area contributed by atoms with E-state index in [1.54, 1.807) is 49.6 Å². The molecular weight excluding hydrogens is 440 g/mol. The lowest BCUT2D eigenvalue weighted by molar-refractivity contribution is -0.122. The molecule has 0 aromatic heterocycles. The fraction of sp³-hybridized carbons (Fsp3) is 0.0556. The van der Waals surface area contributed by atoms with Gasteiger partial charge in [0.25, 0.3) is 11.8 Å². The van der Waals surface area contributed by atoms with Gasteiger partial charge >= 0.3 is 0 Å². The number of methoxy groups -OCH3 is 1. The van der Waals surface area contributed by atoms with Gasteiger partial charge in [-0.1, -0.05) is 29.8 Å². The molecule has 0 atom stereocenters. The highest BCUT2D eigenvalue weighted by molar-refractivity contribution is 9.10. The average Bonchev–Trinajstić information content (AvgIpc) is 2.60. The Morgan fingerprint density at radius 3 is 2.62 bits per heavy atom. The summed E-state index contributed by atoms with van der Waals surface area (Å²) in [6, 6.07) is 12.0. The van der Waals surface area contributed by atoms with Crippen molar-refractivity contribution in [3.8, 4) is 5.75 Å². The number of nitrogens with one attached hydrogen (secondary N) is 1. The molecule has 0 aliphatic carbocycles. The number of hydrogen-bond donors (Lipinski definition) is 1. The Bertz CT molecular complexity index is 961. The minimum atomic E-state index is -0.560. The van der Waals surface area contributed by atoms with Gasteiger partial charge in [-0.05, 0) is 64.1 Å². The van der Waals surface area contributed by atoms with Crippen LogP contribution in [-0.2, 0) is 9.59 Å². The SMILES string of the molecule is COc1ccc(/C=C2\C(=O)NC(=S)N(c3ccccc3Cl)C2=O)cc1Br. The van der Waals surface area contributed by atoms with Gasteiger partial charge in [-0.25, -0.2) is 0 Å². The third-order valence-electron chi connectivity index (χ3n) is 3.68. The lowest BCUT2D eigenvalue weighted by Crippen LogP contribution is -2.54.